The molecule has 0 saturated carbocycles. The van der Waals surface area contributed by atoms with E-state index in [9.17, 15) is 0 Å². The van der Waals surface area contributed by atoms with Gasteiger partial charge in [-0.3, -0.25) is 0 Å². The summed E-state index contributed by atoms with van der Waals surface area (Å²) >= 11 is 6.08. The van der Waals surface area contributed by atoms with Crippen molar-refractivity contribution in [1.82, 2.24) is 0 Å². The molecule has 0 heterocycles. The highest BCUT2D eigenvalue weighted by Crippen LogP contribution is 2.33. The summed E-state index contributed by atoms with van der Waals surface area (Å²) < 4.78 is 0. The van der Waals surface area contributed by atoms with Gasteiger partial charge < -0.3 is 5.73 Å². The first-order valence-electron chi connectivity index (χ1n) is 4.70. The van der Waals surface area contributed by atoms with E-state index in [-0.39, 0.29) is 6.04 Å². The van der Waals surface area contributed by atoms with Crippen LogP contribution in [0.15, 0.2) is 12.1 Å². The number of halogens is 1. The largest absolute Gasteiger partial charge is 0.324 e. The topological polar surface area (TPSA) is 49.8 Å². The molecule has 0 bridgehead atoms. The standard InChI is InChI=1S/C11H11ClN2/c12-10-5-7(6-13)4-9-8(10)2-1-3-11(9)14/h4-5,11H,1-3,14H2. The highest BCUT2D eigenvalue weighted by atomic mass is 35.5. The normalized spacial score (nSPS) is 19.9. The summed E-state index contributed by atoms with van der Waals surface area (Å²) in [5.74, 6) is 0. The van der Waals surface area contributed by atoms with Crippen LogP contribution in [-0.4, -0.2) is 0 Å². The fourth-order valence-corrected chi connectivity index (χ4v) is 2.29. The Kier molecular flexibility index (Phi) is 2.45. The maximum atomic E-state index is 8.80. The third-order valence-electron chi connectivity index (χ3n) is 2.70. The third-order valence-corrected chi connectivity index (χ3v) is 3.04. The summed E-state index contributed by atoms with van der Waals surface area (Å²) in [6.45, 7) is 0. The molecule has 14 heavy (non-hydrogen) atoms. The number of nitrogens with two attached hydrogens (primary N) is 1. The molecule has 2 nitrogen and oxygen atoms in total. The molecule has 2 N–H and O–H groups in total. The molecule has 0 saturated heterocycles. The van der Waals surface area contributed by atoms with Crippen LogP contribution in [-0.2, 0) is 6.42 Å². The monoisotopic (exact) mass is 206 g/mol. The van der Waals surface area contributed by atoms with Crippen LogP contribution in [0.2, 0.25) is 5.02 Å². The molecule has 1 atom stereocenters. The minimum atomic E-state index is 0.0459. The zero-order valence-corrected chi connectivity index (χ0v) is 8.51. The first-order valence-corrected chi connectivity index (χ1v) is 5.08. The van der Waals surface area contributed by atoms with Gasteiger partial charge >= 0.3 is 0 Å². The van der Waals surface area contributed by atoms with E-state index in [2.05, 4.69) is 6.07 Å². The van der Waals surface area contributed by atoms with Gasteiger partial charge in [-0.05, 0) is 42.5 Å². The zero-order valence-electron chi connectivity index (χ0n) is 7.76. The van der Waals surface area contributed by atoms with E-state index < -0.39 is 0 Å². The summed E-state index contributed by atoms with van der Waals surface area (Å²) in [7, 11) is 0. The van der Waals surface area contributed by atoms with E-state index in [1.165, 1.54) is 0 Å². The van der Waals surface area contributed by atoms with Crippen molar-refractivity contribution in [3.05, 3.63) is 33.8 Å². The smallest absolute Gasteiger partial charge is 0.0992 e. The van der Waals surface area contributed by atoms with E-state index >= 15 is 0 Å². The van der Waals surface area contributed by atoms with Gasteiger partial charge in [0.15, 0.2) is 0 Å². The summed E-state index contributed by atoms with van der Waals surface area (Å²) in [4.78, 5) is 0. The summed E-state index contributed by atoms with van der Waals surface area (Å²) in [5, 5.41) is 9.49. The number of fused-ring (bicyclic) bond motifs is 1. The second-order valence-electron chi connectivity index (χ2n) is 3.64. The van der Waals surface area contributed by atoms with Crippen LogP contribution >= 0.6 is 11.6 Å². The molecule has 1 aromatic rings. The van der Waals surface area contributed by atoms with Crippen LogP contribution in [0.5, 0.6) is 0 Å². The van der Waals surface area contributed by atoms with Gasteiger partial charge in [0.1, 0.15) is 0 Å². The van der Waals surface area contributed by atoms with Crippen molar-refractivity contribution in [1.29, 1.82) is 5.26 Å². The maximum absolute atomic E-state index is 8.80. The van der Waals surface area contributed by atoms with Crippen molar-refractivity contribution in [3.63, 3.8) is 0 Å². The van der Waals surface area contributed by atoms with Crippen molar-refractivity contribution in [3.8, 4) is 6.07 Å². The number of hydrogen-bond donors (Lipinski definition) is 1. The molecule has 3 heteroatoms. The number of hydrogen-bond acceptors (Lipinski definition) is 2. The molecule has 1 unspecified atom stereocenters. The lowest BCUT2D eigenvalue weighted by molar-refractivity contribution is 0.570. The van der Waals surface area contributed by atoms with E-state index in [4.69, 9.17) is 22.6 Å². The van der Waals surface area contributed by atoms with Crippen LogP contribution in [0.3, 0.4) is 0 Å². The molecule has 1 aliphatic rings. The van der Waals surface area contributed by atoms with Gasteiger partial charge in [-0.1, -0.05) is 11.6 Å². The number of benzene rings is 1. The van der Waals surface area contributed by atoms with Crippen molar-refractivity contribution >= 4 is 11.6 Å². The van der Waals surface area contributed by atoms with Crippen LogP contribution < -0.4 is 5.73 Å². The molecule has 0 spiro atoms. The molecular weight excluding hydrogens is 196 g/mol. The van der Waals surface area contributed by atoms with E-state index in [1.807, 2.05) is 6.07 Å². The number of nitriles is 1. The Hall–Kier alpha value is -1.04. The molecule has 0 radical (unpaired) electrons. The number of nitrogens with zero attached hydrogens (tertiary/aromatic N) is 1. The molecular formula is C11H11ClN2. The van der Waals surface area contributed by atoms with Crippen LogP contribution in [0.4, 0.5) is 0 Å². The Morgan fingerprint density at radius 3 is 3.00 bits per heavy atom. The lowest BCUT2D eigenvalue weighted by atomic mass is 9.87. The Labute approximate surface area is 88.3 Å². The Morgan fingerprint density at radius 2 is 2.29 bits per heavy atom. The quantitative estimate of drug-likeness (QED) is 0.709. The lowest BCUT2D eigenvalue weighted by Crippen LogP contribution is -2.17. The van der Waals surface area contributed by atoms with Gasteiger partial charge in [-0.2, -0.15) is 5.26 Å². The molecule has 1 aromatic carbocycles. The molecule has 1 aliphatic carbocycles. The van der Waals surface area contributed by atoms with E-state index in [1.54, 1.807) is 6.07 Å². The van der Waals surface area contributed by atoms with Crippen molar-refractivity contribution < 1.29 is 0 Å². The first kappa shape index (κ1) is 9.51. The van der Waals surface area contributed by atoms with Gasteiger partial charge in [0.25, 0.3) is 0 Å². The summed E-state index contributed by atoms with van der Waals surface area (Å²) in [6, 6.07) is 5.73. The second kappa shape index (κ2) is 3.61. The SMILES string of the molecule is N#Cc1cc(Cl)c2c(c1)C(N)CCC2. The van der Waals surface area contributed by atoms with Crippen molar-refractivity contribution in [2.75, 3.05) is 0 Å². The minimum absolute atomic E-state index is 0.0459. The third kappa shape index (κ3) is 1.50. The Balaban J connectivity index is 2.58. The van der Waals surface area contributed by atoms with Gasteiger partial charge in [0.2, 0.25) is 0 Å². The van der Waals surface area contributed by atoms with Crippen LogP contribution in [0, 0.1) is 11.3 Å². The van der Waals surface area contributed by atoms with E-state index in [0.717, 1.165) is 30.4 Å². The molecule has 2 rings (SSSR count). The van der Waals surface area contributed by atoms with Gasteiger partial charge in [-0.15, -0.1) is 0 Å². The molecule has 0 aromatic heterocycles. The maximum Gasteiger partial charge on any atom is 0.0992 e. The zero-order chi connectivity index (χ0) is 10.1. The highest BCUT2D eigenvalue weighted by molar-refractivity contribution is 6.31. The fraction of sp³-hybridized carbons (Fsp3) is 0.364. The first-order chi connectivity index (χ1) is 6.72. The Morgan fingerprint density at radius 1 is 1.50 bits per heavy atom. The number of rotatable bonds is 0. The molecule has 0 amide bonds. The van der Waals surface area contributed by atoms with Gasteiger partial charge in [-0.25, -0.2) is 0 Å². The minimum Gasteiger partial charge on any atom is -0.324 e. The highest BCUT2D eigenvalue weighted by Gasteiger charge is 2.19. The van der Waals surface area contributed by atoms with E-state index in [0.29, 0.717) is 10.6 Å². The second-order valence-corrected chi connectivity index (χ2v) is 4.04. The molecule has 0 fully saturated rings. The van der Waals surface area contributed by atoms with Gasteiger partial charge in [0, 0.05) is 11.1 Å². The van der Waals surface area contributed by atoms with Crippen molar-refractivity contribution in [2.45, 2.75) is 25.3 Å². The average molecular weight is 207 g/mol. The molecule has 72 valence electrons. The lowest BCUT2D eigenvalue weighted by Gasteiger charge is -2.23. The summed E-state index contributed by atoms with van der Waals surface area (Å²) in [6.07, 6.45) is 3.05. The molecule has 0 aliphatic heterocycles. The fourth-order valence-electron chi connectivity index (χ4n) is 1.97. The Bertz CT molecular complexity index is 406. The average Bonchev–Trinajstić information content (AvgIpc) is 2.19. The van der Waals surface area contributed by atoms with Crippen LogP contribution in [0.1, 0.15) is 35.6 Å². The summed E-state index contributed by atoms with van der Waals surface area (Å²) in [5.41, 5.74) is 8.76. The predicted octanol–water partition coefficient (Wildman–Crippen LogP) is 2.55. The van der Waals surface area contributed by atoms with Crippen LogP contribution in [0.25, 0.3) is 0 Å². The predicted molar refractivity (Wildman–Crippen MR) is 56.0 cm³/mol. The van der Waals surface area contributed by atoms with Crippen molar-refractivity contribution in [2.24, 2.45) is 5.73 Å². The van der Waals surface area contributed by atoms with Gasteiger partial charge in [0.05, 0.1) is 11.6 Å².